The lowest BCUT2D eigenvalue weighted by atomic mass is 9.96. The van der Waals surface area contributed by atoms with E-state index in [9.17, 15) is 8.42 Å². The Morgan fingerprint density at radius 2 is 1.84 bits per heavy atom. The molecule has 1 aromatic heterocycles. The molecule has 0 atom stereocenters. The quantitative estimate of drug-likeness (QED) is 0.767. The van der Waals surface area contributed by atoms with Gasteiger partial charge in [-0.2, -0.15) is 0 Å². The molecular formula is C17H22BrN3O2S2. The third-order valence-electron chi connectivity index (χ3n) is 4.61. The van der Waals surface area contributed by atoms with Crippen molar-refractivity contribution in [2.45, 2.75) is 17.7 Å². The molecule has 1 fully saturated rings. The molecule has 1 aromatic carbocycles. The van der Waals surface area contributed by atoms with Gasteiger partial charge in [0.05, 0.1) is 13.7 Å². The number of halogens is 1. The van der Waals surface area contributed by atoms with Crippen molar-refractivity contribution in [1.82, 2.24) is 0 Å². The Hall–Kier alpha value is -1.09. The van der Waals surface area contributed by atoms with Crippen molar-refractivity contribution in [1.29, 1.82) is 0 Å². The molecule has 0 saturated carbocycles. The van der Waals surface area contributed by atoms with E-state index >= 15 is 0 Å². The number of hydrogen-bond acceptors (Lipinski definition) is 5. The molecule has 1 aliphatic rings. The lowest BCUT2D eigenvalue weighted by Gasteiger charge is -2.35. The van der Waals surface area contributed by atoms with Gasteiger partial charge in [0.2, 0.25) is 10.0 Å². The third-order valence-corrected chi connectivity index (χ3v) is 7.28. The highest BCUT2D eigenvalue weighted by molar-refractivity contribution is 9.11. The zero-order chi connectivity index (χ0) is 18.0. The SMILES string of the molecule is CN(CC1CCN(c2ccc(S(N)(=O)=O)cc2)CC1)c1ccc(Br)s1. The van der Waals surface area contributed by atoms with Gasteiger partial charge >= 0.3 is 0 Å². The molecule has 0 spiro atoms. The number of hydrogen-bond donors (Lipinski definition) is 1. The minimum absolute atomic E-state index is 0.162. The van der Waals surface area contributed by atoms with Crippen molar-refractivity contribution in [2.75, 3.05) is 36.5 Å². The lowest BCUT2D eigenvalue weighted by Crippen LogP contribution is -2.37. The van der Waals surface area contributed by atoms with Crippen LogP contribution in [0.2, 0.25) is 0 Å². The van der Waals surface area contributed by atoms with E-state index in [-0.39, 0.29) is 4.90 Å². The maximum absolute atomic E-state index is 11.3. The number of piperidine rings is 1. The van der Waals surface area contributed by atoms with Crippen LogP contribution in [-0.2, 0) is 10.0 Å². The molecule has 0 amide bonds. The molecule has 0 bridgehead atoms. The van der Waals surface area contributed by atoms with E-state index in [2.05, 4.69) is 44.9 Å². The summed E-state index contributed by atoms with van der Waals surface area (Å²) in [5.74, 6) is 0.672. The first kappa shape index (κ1) is 18.7. The molecule has 2 N–H and O–H groups in total. The molecule has 136 valence electrons. The highest BCUT2D eigenvalue weighted by Crippen LogP contribution is 2.31. The summed E-state index contributed by atoms with van der Waals surface area (Å²) in [6, 6.07) is 11.1. The number of benzene rings is 1. The van der Waals surface area contributed by atoms with Crippen molar-refractivity contribution in [3.63, 3.8) is 0 Å². The first-order valence-corrected chi connectivity index (χ1v) is 11.3. The molecule has 0 radical (unpaired) electrons. The summed E-state index contributed by atoms with van der Waals surface area (Å²) in [5.41, 5.74) is 1.06. The molecule has 2 aromatic rings. The lowest BCUT2D eigenvalue weighted by molar-refractivity contribution is 0.409. The average molecular weight is 444 g/mol. The van der Waals surface area contributed by atoms with Crippen LogP contribution in [-0.4, -0.2) is 35.1 Å². The summed E-state index contributed by atoms with van der Waals surface area (Å²) < 4.78 is 23.8. The second-order valence-corrected chi connectivity index (χ2v) is 10.4. The van der Waals surface area contributed by atoms with Crippen molar-refractivity contribution in [3.05, 3.63) is 40.2 Å². The van der Waals surface area contributed by atoms with Gasteiger partial charge in [0, 0.05) is 32.4 Å². The predicted octanol–water partition coefficient (Wildman–Crippen LogP) is 3.51. The van der Waals surface area contributed by atoms with Gasteiger partial charge in [0.15, 0.2) is 0 Å². The Morgan fingerprint density at radius 1 is 1.20 bits per heavy atom. The Bertz CT molecular complexity index is 813. The zero-order valence-electron chi connectivity index (χ0n) is 14.1. The van der Waals surface area contributed by atoms with E-state index in [4.69, 9.17) is 5.14 Å². The summed E-state index contributed by atoms with van der Waals surface area (Å²) in [6.07, 6.45) is 2.27. The molecule has 1 aliphatic heterocycles. The van der Waals surface area contributed by atoms with E-state index in [0.717, 1.165) is 41.9 Å². The minimum atomic E-state index is -3.62. The summed E-state index contributed by atoms with van der Waals surface area (Å²) >= 11 is 5.27. The van der Waals surface area contributed by atoms with Gasteiger partial charge in [-0.05, 0) is 71.1 Å². The van der Waals surface area contributed by atoms with E-state index < -0.39 is 10.0 Å². The summed E-state index contributed by atoms with van der Waals surface area (Å²) in [4.78, 5) is 4.80. The van der Waals surface area contributed by atoms with Crippen LogP contribution < -0.4 is 14.9 Å². The summed E-state index contributed by atoms with van der Waals surface area (Å²) in [6.45, 7) is 3.04. The van der Waals surface area contributed by atoms with Gasteiger partial charge in [-0.3, -0.25) is 0 Å². The topological polar surface area (TPSA) is 66.6 Å². The Morgan fingerprint density at radius 3 is 2.36 bits per heavy atom. The standard InChI is InChI=1S/C17H22BrN3O2S2/c1-20(17-7-6-16(18)24-17)12-13-8-10-21(11-9-13)14-2-4-15(5-3-14)25(19,22)23/h2-7,13H,8-12H2,1H3,(H2,19,22,23). The second kappa shape index (κ2) is 7.65. The molecular weight excluding hydrogens is 422 g/mol. The molecule has 3 rings (SSSR count). The monoisotopic (exact) mass is 443 g/mol. The fourth-order valence-electron chi connectivity index (χ4n) is 3.21. The number of primary sulfonamides is 1. The van der Waals surface area contributed by atoms with Crippen LogP contribution in [0.4, 0.5) is 10.7 Å². The second-order valence-electron chi connectivity index (χ2n) is 6.43. The highest BCUT2D eigenvalue weighted by Gasteiger charge is 2.21. The number of thiophene rings is 1. The smallest absolute Gasteiger partial charge is 0.238 e. The van der Waals surface area contributed by atoms with Crippen LogP contribution in [0.15, 0.2) is 45.1 Å². The van der Waals surface area contributed by atoms with Crippen molar-refractivity contribution in [2.24, 2.45) is 11.1 Å². The van der Waals surface area contributed by atoms with E-state index in [1.165, 1.54) is 5.00 Å². The number of anilines is 2. The Labute approximate surface area is 161 Å². The average Bonchev–Trinajstić information content (AvgIpc) is 3.02. The number of nitrogens with zero attached hydrogens (tertiary/aromatic N) is 2. The van der Waals surface area contributed by atoms with E-state index in [1.54, 1.807) is 23.5 Å². The fraction of sp³-hybridized carbons (Fsp3) is 0.412. The zero-order valence-corrected chi connectivity index (χ0v) is 17.3. The highest BCUT2D eigenvalue weighted by atomic mass is 79.9. The van der Waals surface area contributed by atoms with E-state index in [0.29, 0.717) is 5.92 Å². The maximum Gasteiger partial charge on any atom is 0.238 e. The van der Waals surface area contributed by atoms with Crippen molar-refractivity contribution < 1.29 is 8.42 Å². The molecule has 0 unspecified atom stereocenters. The molecule has 1 saturated heterocycles. The number of rotatable bonds is 5. The van der Waals surface area contributed by atoms with E-state index in [1.807, 2.05) is 12.1 Å². The van der Waals surface area contributed by atoms with Gasteiger partial charge in [-0.15, -0.1) is 11.3 Å². The molecule has 25 heavy (non-hydrogen) atoms. The first-order chi connectivity index (χ1) is 11.8. The predicted molar refractivity (Wildman–Crippen MR) is 108 cm³/mol. The van der Waals surface area contributed by atoms with Crippen LogP contribution >= 0.6 is 27.3 Å². The van der Waals surface area contributed by atoms with Gasteiger partial charge in [-0.25, -0.2) is 13.6 Å². The van der Waals surface area contributed by atoms with Crippen molar-refractivity contribution >= 4 is 48.0 Å². The minimum Gasteiger partial charge on any atom is -0.372 e. The maximum atomic E-state index is 11.3. The molecule has 8 heteroatoms. The molecule has 2 heterocycles. The van der Waals surface area contributed by atoms with Crippen LogP contribution in [0.3, 0.4) is 0 Å². The number of sulfonamides is 1. The van der Waals surface area contributed by atoms with Crippen LogP contribution in [0.25, 0.3) is 0 Å². The van der Waals surface area contributed by atoms with Crippen LogP contribution in [0.5, 0.6) is 0 Å². The van der Waals surface area contributed by atoms with Crippen molar-refractivity contribution in [3.8, 4) is 0 Å². The van der Waals surface area contributed by atoms with Gasteiger partial charge in [0.25, 0.3) is 0 Å². The number of nitrogens with two attached hydrogens (primary N) is 1. The Kier molecular flexibility index (Phi) is 5.72. The largest absolute Gasteiger partial charge is 0.372 e. The molecule has 0 aliphatic carbocycles. The van der Waals surface area contributed by atoms with Gasteiger partial charge < -0.3 is 9.80 Å². The summed E-state index contributed by atoms with van der Waals surface area (Å²) in [5, 5.41) is 6.44. The van der Waals surface area contributed by atoms with Crippen LogP contribution in [0, 0.1) is 5.92 Å². The first-order valence-electron chi connectivity index (χ1n) is 8.17. The summed E-state index contributed by atoms with van der Waals surface area (Å²) in [7, 11) is -1.47. The Balaban J connectivity index is 1.55. The van der Waals surface area contributed by atoms with Gasteiger partial charge in [0.1, 0.15) is 0 Å². The third kappa shape index (κ3) is 4.75. The van der Waals surface area contributed by atoms with Gasteiger partial charge in [-0.1, -0.05) is 0 Å². The van der Waals surface area contributed by atoms with Crippen LogP contribution in [0.1, 0.15) is 12.8 Å². The normalized spacial score (nSPS) is 16.2. The fourth-order valence-corrected chi connectivity index (χ4v) is 5.06. The molecule has 5 nitrogen and oxygen atoms in total.